The number of rotatable bonds is 6. The molecule has 1 saturated heterocycles. The molecule has 0 aromatic heterocycles. The van der Waals surface area contributed by atoms with E-state index in [1.165, 1.54) is 18.5 Å². The summed E-state index contributed by atoms with van der Waals surface area (Å²) in [5.41, 5.74) is 0.954. The molecule has 0 aliphatic carbocycles. The summed E-state index contributed by atoms with van der Waals surface area (Å²) in [5, 5.41) is 0. The summed E-state index contributed by atoms with van der Waals surface area (Å²) in [5.74, 6) is 1.29. The van der Waals surface area contributed by atoms with Gasteiger partial charge in [-0.3, -0.25) is 0 Å². The van der Waals surface area contributed by atoms with Crippen LogP contribution in [0.2, 0.25) is 0 Å². The second-order valence-electron chi connectivity index (χ2n) is 6.30. The highest BCUT2D eigenvalue weighted by Gasteiger charge is 2.35. The highest BCUT2D eigenvalue weighted by Crippen LogP contribution is 2.45. The van der Waals surface area contributed by atoms with Crippen molar-refractivity contribution < 1.29 is 22.6 Å². The number of sulfonamides is 1. The number of benzene rings is 2. The van der Waals surface area contributed by atoms with Crippen LogP contribution in [0.5, 0.6) is 17.2 Å². The van der Waals surface area contributed by atoms with Crippen LogP contribution in [0.1, 0.15) is 0 Å². The lowest BCUT2D eigenvalue weighted by molar-refractivity contribution is 0.340. The van der Waals surface area contributed by atoms with Crippen LogP contribution in [0, 0.1) is 0 Å². The van der Waals surface area contributed by atoms with E-state index in [1.807, 2.05) is 24.3 Å². The van der Waals surface area contributed by atoms with Crippen LogP contribution in [-0.4, -0.2) is 60.2 Å². The number of nitrogens with zero attached hydrogens (tertiary/aromatic N) is 2. The summed E-state index contributed by atoms with van der Waals surface area (Å²) in [6.45, 7) is 1.77. The van der Waals surface area contributed by atoms with Crippen molar-refractivity contribution in [2.24, 2.45) is 0 Å². The first-order valence-electron chi connectivity index (χ1n) is 8.83. The Bertz CT molecular complexity index is 992. The van der Waals surface area contributed by atoms with Gasteiger partial charge in [-0.15, -0.1) is 0 Å². The van der Waals surface area contributed by atoms with Gasteiger partial charge in [0, 0.05) is 30.7 Å². The average Bonchev–Trinajstić information content (AvgIpc) is 2.74. The Hall–Kier alpha value is -1.49. The molecule has 0 saturated carbocycles. The molecule has 1 fully saturated rings. The topological polar surface area (TPSA) is 68.3 Å². The number of hydrogen-bond donors (Lipinski definition) is 0. The van der Waals surface area contributed by atoms with Crippen molar-refractivity contribution in [3.05, 3.63) is 39.3 Å². The van der Waals surface area contributed by atoms with E-state index in [1.54, 1.807) is 13.2 Å². The molecule has 0 radical (unpaired) electrons. The fourth-order valence-corrected chi connectivity index (χ4v) is 6.43. The van der Waals surface area contributed by atoms with Gasteiger partial charge in [0.15, 0.2) is 11.5 Å². The Balaban J connectivity index is 1.90. The van der Waals surface area contributed by atoms with Gasteiger partial charge in [-0.1, -0.05) is 12.1 Å². The molecule has 0 spiro atoms. The molecule has 1 aliphatic heterocycles. The second kappa shape index (κ2) is 9.11. The van der Waals surface area contributed by atoms with Crippen LogP contribution in [0.25, 0.3) is 0 Å². The molecule has 0 unspecified atom stereocenters. The largest absolute Gasteiger partial charge is 0.495 e. The number of halogens is 2. The van der Waals surface area contributed by atoms with Crippen LogP contribution in [0.4, 0.5) is 5.69 Å². The van der Waals surface area contributed by atoms with Gasteiger partial charge in [0.2, 0.25) is 10.0 Å². The molecule has 0 bridgehead atoms. The van der Waals surface area contributed by atoms with Crippen molar-refractivity contribution in [2.45, 2.75) is 4.90 Å². The number of para-hydroxylation sites is 2. The van der Waals surface area contributed by atoms with Crippen LogP contribution >= 0.6 is 31.9 Å². The van der Waals surface area contributed by atoms with Crippen molar-refractivity contribution in [1.29, 1.82) is 0 Å². The number of hydrogen-bond acceptors (Lipinski definition) is 6. The fourth-order valence-electron chi connectivity index (χ4n) is 3.33. The zero-order valence-electron chi connectivity index (χ0n) is 16.3. The molecule has 1 heterocycles. The second-order valence-corrected chi connectivity index (χ2v) is 9.82. The molecule has 0 atom stereocenters. The maximum Gasteiger partial charge on any atom is 0.248 e. The van der Waals surface area contributed by atoms with E-state index < -0.39 is 10.0 Å². The quantitative estimate of drug-likeness (QED) is 0.546. The first-order valence-corrected chi connectivity index (χ1v) is 11.9. The highest BCUT2D eigenvalue weighted by atomic mass is 79.9. The summed E-state index contributed by atoms with van der Waals surface area (Å²) < 4.78 is 45.5. The van der Waals surface area contributed by atoms with Crippen molar-refractivity contribution in [3.8, 4) is 17.2 Å². The standard InChI is InChI=1S/C19H22Br2N2O5S/c1-26-15-7-5-4-6-14(15)22-8-10-23(11-9-22)29(24,25)19-17(21)13(20)12-16(27-2)18(19)28-3/h4-7,12H,8-11H2,1-3H3. The molecule has 10 heteroatoms. The summed E-state index contributed by atoms with van der Waals surface area (Å²) in [6, 6.07) is 9.39. The monoisotopic (exact) mass is 548 g/mol. The van der Waals surface area contributed by atoms with Crippen LogP contribution in [0.15, 0.2) is 44.2 Å². The van der Waals surface area contributed by atoms with Crippen molar-refractivity contribution >= 4 is 47.6 Å². The third-order valence-electron chi connectivity index (χ3n) is 4.78. The van der Waals surface area contributed by atoms with Gasteiger partial charge in [-0.2, -0.15) is 4.31 Å². The Kier molecular flexibility index (Phi) is 6.98. The van der Waals surface area contributed by atoms with Crippen molar-refractivity contribution in [1.82, 2.24) is 4.31 Å². The third kappa shape index (κ3) is 4.21. The van der Waals surface area contributed by atoms with Crippen molar-refractivity contribution in [3.63, 3.8) is 0 Å². The number of methoxy groups -OCH3 is 3. The maximum atomic E-state index is 13.5. The summed E-state index contributed by atoms with van der Waals surface area (Å²) in [7, 11) is 0.711. The molecule has 2 aromatic carbocycles. The Labute approximate surface area is 187 Å². The van der Waals surface area contributed by atoms with Gasteiger partial charge < -0.3 is 19.1 Å². The minimum Gasteiger partial charge on any atom is -0.495 e. The average molecular weight is 550 g/mol. The molecule has 29 heavy (non-hydrogen) atoms. The normalized spacial score (nSPS) is 15.3. The van der Waals surface area contributed by atoms with Crippen LogP contribution < -0.4 is 19.1 Å². The SMILES string of the molecule is COc1ccccc1N1CCN(S(=O)(=O)c2c(Br)c(Br)cc(OC)c2OC)CC1. The minimum absolute atomic E-state index is 0.0527. The van der Waals surface area contributed by atoms with Gasteiger partial charge in [0.1, 0.15) is 10.6 Å². The molecular weight excluding hydrogens is 528 g/mol. The Morgan fingerprint density at radius 2 is 1.52 bits per heavy atom. The maximum absolute atomic E-state index is 13.5. The third-order valence-corrected chi connectivity index (χ3v) is 8.98. The summed E-state index contributed by atoms with van der Waals surface area (Å²) in [4.78, 5) is 2.18. The molecule has 158 valence electrons. The van der Waals surface area contributed by atoms with Crippen LogP contribution in [0.3, 0.4) is 0 Å². The van der Waals surface area contributed by atoms with E-state index in [0.717, 1.165) is 11.4 Å². The number of anilines is 1. The lowest BCUT2D eigenvalue weighted by Crippen LogP contribution is -2.48. The predicted molar refractivity (Wildman–Crippen MR) is 119 cm³/mol. The lowest BCUT2D eigenvalue weighted by atomic mass is 10.2. The Morgan fingerprint density at radius 3 is 2.10 bits per heavy atom. The van der Waals surface area contributed by atoms with E-state index >= 15 is 0 Å². The Morgan fingerprint density at radius 1 is 0.897 bits per heavy atom. The van der Waals surface area contributed by atoms with Gasteiger partial charge in [0.05, 0.1) is 31.5 Å². The molecule has 3 rings (SSSR count). The van der Waals surface area contributed by atoms with E-state index in [9.17, 15) is 8.42 Å². The number of piperazine rings is 1. The lowest BCUT2D eigenvalue weighted by Gasteiger charge is -2.36. The zero-order chi connectivity index (χ0) is 21.2. The van der Waals surface area contributed by atoms with Crippen molar-refractivity contribution in [2.75, 3.05) is 52.4 Å². The molecule has 0 amide bonds. The zero-order valence-corrected chi connectivity index (χ0v) is 20.3. The summed E-state index contributed by atoms with van der Waals surface area (Å²) in [6.07, 6.45) is 0. The molecule has 0 N–H and O–H groups in total. The fraction of sp³-hybridized carbons (Fsp3) is 0.368. The van der Waals surface area contributed by atoms with Gasteiger partial charge in [-0.25, -0.2) is 8.42 Å². The molecule has 1 aliphatic rings. The van der Waals surface area contributed by atoms with Gasteiger partial charge in [0.25, 0.3) is 0 Å². The smallest absolute Gasteiger partial charge is 0.248 e. The van der Waals surface area contributed by atoms with E-state index in [4.69, 9.17) is 14.2 Å². The van der Waals surface area contributed by atoms with Crippen LogP contribution in [-0.2, 0) is 10.0 Å². The first kappa shape index (κ1) is 22.2. The number of ether oxygens (including phenoxy) is 3. The van der Waals surface area contributed by atoms with E-state index in [0.29, 0.717) is 40.9 Å². The predicted octanol–water partition coefficient (Wildman–Crippen LogP) is 3.75. The van der Waals surface area contributed by atoms with E-state index in [2.05, 4.69) is 36.8 Å². The molecular formula is C19H22Br2N2O5S. The highest BCUT2D eigenvalue weighted by molar-refractivity contribution is 9.13. The minimum atomic E-state index is -3.82. The summed E-state index contributed by atoms with van der Waals surface area (Å²) >= 11 is 6.78. The van der Waals surface area contributed by atoms with Gasteiger partial charge >= 0.3 is 0 Å². The van der Waals surface area contributed by atoms with Gasteiger partial charge in [-0.05, 0) is 50.1 Å². The molecule has 2 aromatic rings. The molecule has 7 nitrogen and oxygen atoms in total. The first-order chi connectivity index (χ1) is 13.8. The van der Waals surface area contributed by atoms with E-state index in [-0.39, 0.29) is 10.6 Å².